The van der Waals surface area contributed by atoms with E-state index in [1.165, 1.54) is 36.6 Å². The van der Waals surface area contributed by atoms with Gasteiger partial charge in [0.1, 0.15) is 11.5 Å². The van der Waals surface area contributed by atoms with Gasteiger partial charge < -0.3 is 20.2 Å². The number of hydrogen-bond acceptors (Lipinski definition) is 4. The first-order valence-electron chi connectivity index (χ1n) is 8.39. The van der Waals surface area contributed by atoms with Crippen molar-refractivity contribution in [1.82, 2.24) is 5.32 Å². The molecule has 1 heterocycles. The number of hydrogen-bond donors (Lipinski definition) is 3. The van der Waals surface area contributed by atoms with Crippen molar-refractivity contribution in [2.24, 2.45) is 0 Å². The number of rotatable bonds is 6. The normalized spacial score (nSPS) is 11.0. The molecule has 1 aromatic heterocycles. The van der Waals surface area contributed by atoms with E-state index in [0.29, 0.717) is 17.0 Å². The summed E-state index contributed by atoms with van der Waals surface area (Å²) in [6, 6.07) is 15.6. The van der Waals surface area contributed by atoms with E-state index in [1.54, 1.807) is 36.4 Å². The van der Waals surface area contributed by atoms with Crippen LogP contribution < -0.4 is 10.6 Å². The van der Waals surface area contributed by atoms with Gasteiger partial charge in [0.2, 0.25) is 0 Å². The standard InChI is InChI=1S/C21H15BrN2O5/c22-15-7-3-13(4-8-15)19(25)24-18(12-17-2-1-11-29-17)20(26)23-16-9-5-14(6-10-16)21(27)28/h1-12H,(H,23,26)(H,24,25)(H,27,28). The summed E-state index contributed by atoms with van der Waals surface area (Å²) in [5.41, 5.74) is 0.813. The lowest BCUT2D eigenvalue weighted by Gasteiger charge is -2.11. The second kappa shape index (κ2) is 9.03. The largest absolute Gasteiger partial charge is 0.478 e. The number of halogens is 1. The molecule has 0 aliphatic rings. The van der Waals surface area contributed by atoms with E-state index < -0.39 is 17.8 Å². The fourth-order valence-corrected chi connectivity index (χ4v) is 2.63. The van der Waals surface area contributed by atoms with Crippen molar-refractivity contribution in [2.45, 2.75) is 0 Å². The quantitative estimate of drug-likeness (QED) is 0.484. The van der Waals surface area contributed by atoms with E-state index in [0.717, 1.165) is 4.47 Å². The third-order valence-corrected chi connectivity index (χ3v) is 4.35. The fraction of sp³-hybridized carbons (Fsp3) is 0. The Balaban J connectivity index is 1.81. The zero-order valence-corrected chi connectivity index (χ0v) is 16.5. The van der Waals surface area contributed by atoms with Gasteiger partial charge in [-0.05, 0) is 60.7 Å². The van der Waals surface area contributed by atoms with Crippen LogP contribution in [0.25, 0.3) is 6.08 Å². The molecule has 0 bridgehead atoms. The minimum Gasteiger partial charge on any atom is -0.478 e. The third kappa shape index (κ3) is 5.43. The molecule has 0 atom stereocenters. The SMILES string of the molecule is O=C(Nc1ccc(C(=O)O)cc1)C(=Cc1ccco1)NC(=O)c1ccc(Br)cc1. The Kier molecular flexibility index (Phi) is 6.25. The Hall–Kier alpha value is -3.65. The number of amides is 2. The summed E-state index contributed by atoms with van der Waals surface area (Å²) in [6.45, 7) is 0. The third-order valence-electron chi connectivity index (χ3n) is 3.82. The van der Waals surface area contributed by atoms with E-state index in [1.807, 2.05) is 0 Å². The van der Waals surface area contributed by atoms with Gasteiger partial charge in [0, 0.05) is 21.8 Å². The highest BCUT2D eigenvalue weighted by atomic mass is 79.9. The Morgan fingerprint density at radius 3 is 2.17 bits per heavy atom. The number of carbonyl (C=O) groups excluding carboxylic acids is 2. The zero-order chi connectivity index (χ0) is 20.8. The number of aromatic carboxylic acids is 1. The molecule has 0 fully saturated rings. The molecular formula is C21H15BrN2O5. The molecule has 2 aromatic carbocycles. The maximum atomic E-state index is 12.7. The molecule has 3 rings (SSSR count). The predicted molar refractivity (Wildman–Crippen MR) is 110 cm³/mol. The topological polar surface area (TPSA) is 109 Å². The molecule has 3 N–H and O–H groups in total. The van der Waals surface area contributed by atoms with Crippen LogP contribution in [0.2, 0.25) is 0 Å². The molecule has 8 heteroatoms. The van der Waals surface area contributed by atoms with Gasteiger partial charge in [-0.25, -0.2) is 4.79 Å². The summed E-state index contributed by atoms with van der Waals surface area (Å²) >= 11 is 3.30. The van der Waals surface area contributed by atoms with E-state index in [9.17, 15) is 14.4 Å². The predicted octanol–water partition coefficient (Wildman–Crippen LogP) is 4.15. The molecule has 3 aromatic rings. The number of carboxylic acids is 1. The van der Waals surface area contributed by atoms with Crippen molar-refractivity contribution in [2.75, 3.05) is 5.32 Å². The highest BCUT2D eigenvalue weighted by molar-refractivity contribution is 9.10. The summed E-state index contributed by atoms with van der Waals surface area (Å²) in [5.74, 6) is -1.74. The van der Waals surface area contributed by atoms with Crippen LogP contribution in [0.15, 0.2) is 81.5 Å². The molecule has 146 valence electrons. The summed E-state index contributed by atoms with van der Waals surface area (Å²) in [6.07, 6.45) is 2.85. The summed E-state index contributed by atoms with van der Waals surface area (Å²) < 4.78 is 6.05. The molecule has 0 aliphatic carbocycles. The molecule has 0 unspecified atom stereocenters. The smallest absolute Gasteiger partial charge is 0.335 e. The molecule has 2 amide bonds. The maximum Gasteiger partial charge on any atom is 0.335 e. The number of anilines is 1. The van der Waals surface area contributed by atoms with Crippen LogP contribution in [0.1, 0.15) is 26.5 Å². The minimum atomic E-state index is -1.07. The van der Waals surface area contributed by atoms with Gasteiger partial charge >= 0.3 is 5.97 Å². The van der Waals surface area contributed by atoms with Gasteiger partial charge in [-0.3, -0.25) is 9.59 Å². The lowest BCUT2D eigenvalue weighted by atomic mass is 10.2. The highest BCUT2D eigenvalue weighted by Crippen LogP contribution is 2.14. The molecular weight excluding hydrogens is 440 g/mol. The van der Waals surface area contributed by atoms with Gasteiger partial charge in [0.25, 0.3) is 11.8 Å². The lowest BCUT2D eigenvalue weighted by Crippen LogP contribution is -2.30. The second-order valence-electron chi connectivity index (χ2n) is 5.87. The zero-order valence-electron chi connectivity index (χ0n) is 14.9. The molecule has 0 spiro atoms. The summed E-state index contributed by atoms with van der Waals surface area (Å²) in [5, 5.41) is 14.2. The highest BCUT2D eigenvalue weighted by Gasteiger charge is 2.16. The summed E-state index contributed by atoms with van der Waals surface area (Å²) in [4.78, 5) is 36.2. The van der Waals surface area contributed by atoms with Crippen molar-refractivity contribution < 1.29 is 23.9 Å². The van der Waals surface area contributed by atoms with Gasteiger partial charge in [0.05, 0.1) is 11.8 Å². The monoisotopic (exact) mass is 454 g/mol. The molecule has 0 saturated heterocycles. The summed E-state index contributed by atoms with van der Waals surface area (Å²) in [7, 11) is 0. The first-order chi connectivity index (χ1) is 13.9. The van der Waals surface area contributed by atoms with E-state index in [-0.39, 0.29) is 11.3 Å². The fourth-order valence-electron chi connectivity index (χ4n) is 2.36. The first-order valence-corrected chi connectivity index (χ1v) is 9.18. The van der Waals surface area contributed by atoms with Crippen molar-refractivity contribution in [3.8, 4) is 0 Å². The van der Waals surface area contributed by atoms with Crippen LogP contribution in [-0.4, -0.2) is 22.9 Å². The average molecular weight is 455 g/mol. The van der Waals surface area contributed by atoms with E-state index in [2.05, 4.69) is 26.6 Å². The minimum absolute atomic E-state index is 0.0322. The van der Waals surface area contributed by atoms with Crippen molar-refractivity contribution in [3.63, 3.8) is 0 Å². The van der Waals surface area contributed by atoms with Crippen molar-refractivity contribution in [1.29, 1.82) is 0 Å². The molecule has 29 heavy (non-hydrogen) atoms. The number of carboxylic acid groups (broad SMARTS) is 1. The second-order valence-corrected chi connectivity index (χ2v) is 6.79. The first kappa shape index (κ1) is 20.1. The molecule has 0 aliphatic heterocycles. The van der Waals surface area contributed by atoms with Crippen LogP contribution in [0.5, 0.6) is 0 Å². The van der Waals surface area contributed by atoms with Crippen molar-refractivity contribution in [3.05, 3.63) is 94.0 Å². The number of nitrogens with one attached hydrogen (secondary N) is 2. The molecule has 0 saturated carbocycles. The van der Waals surface area contributed by atoms with Crippen LogP contribution >= 0.6 is 15.9 Å². The van der Waals surface area contributed by atoms with Crippen LogP contribution in [0.4, 0.5) is 5.69 Å². The van der Waals surface area contributed by atoms with Gasteiger partial charge in [-0.15, -0.1) is 0 Å². The van der Waals surface area contributed by atoms with E-state index in [4.69, 9.17) is 9.52 Å². The number of furan rings is 1. The average Bonchev–Trinajstić information content (AvgIpc) is 3.21. The molecule has 0 radical (unpaired) electrons. The Labute approximate surface area is 174 Å². The van der Waals surface area contributed by atoms with Gasteiger partial charge in [0.15, 0.2) is 0 Å². The lowest BCUT2D eigenvalue weighted by molar-refractivity contribution is -0.113. The maximum absolute atomic E-state index is 12.7. The van der Waals surface area contributed by atoms with E-state index >= 15 is 0 Å². The van der Waals surface area contributed by atoms with Gasteiger partial charge in [-0.2, -0.15) is 0 Å². The van der Waals surface area contributed by atoms with Crippen LogP contribution in [0.3, 0.4) is 0 Å². The van der Waals surface area contributed by atoms with Crippen molar-refractivity contribution >= 4 is 45.5 Å². The van der Waals surface area contributed by atoms with Gasteiger partial charge in [-0.1, -0.05) is 15.9 Å². The Morgan fingerprint density at radius 1 is 0.931 bits per heavy atom. The number of carbonyl (C=O) groups is 3. The molecule has 7 nitrogen and oxygen atoms in total. The Morgan fingerprint density at radius 2 is 1.59 bits per heavy atom. The van der Waals surface area contributed by atoms with Crippen LogP contribution in [-0.2, 0) is 4.79 Å². The number of benzene rings is 2. The van der Waals surface area contributed by atoms with Crippen LogP contribution in [0, 0.1) is 0 Å². The Bertz CT molecular complexity index is 1060.